The van der Waals surface area contributed by atoms with Crippen molar-refractivity contribution in [1.29, 1.82) is 0 Å². The van der Waals surface area contributed by atoms with Gasteiger partial charge in [0.15, 0.2) is 0 Å². The molecule has 0 radical (unpaired) electrons. The van der Waals surface area contributed by atoms with E-state index in [1.807, 2.05) is 6.92 Å². The molecular weight excluding hydrogens is 314 g/mol. The van der Waals surface area contributed by atoms with Crippen molar-refractivity contribution < 1.29 is 13.9 Å². The first-order valence-corrected chi connectivity index (χ1v) is 7.62. The van der Waals surface area contributed by atoms with Crippen LogP contribution in [0.25, 0.3) is 0 Å². The smallest absolute Gasteiger partial charge is 0.143 e. The molecule has 1 aromatic carbocycles. The first-order chi connectivity index (χ1) is 8.98. The van der Waals surface area contributed by atoms with Gasteiger partial charge >= 0.3 is 0 Å². The van der Waals surface area contributed by atoms with Gasteiger partial charge in [0.25, 0.3) is 0 Å². The van der Waals surface area contributed by atoms with Crippen LogP contribution in [0.5, 0.6) is 0 Å². The summed E-state index contributed by atoms with van der Waals surface area (Å²) in [7, 11) is 0. The van der Waals surface area contributed by atoms with Gasteiger partial charge in [0.05, 0.1) is 10.1 Å². The van der Waals surface area contributed by atoms with E-state index in [9.17, 15) is 13.9 Å². The number of rotatable bonds is 3. The Hall–Kier alpha value is -0.480. The molecule has 0 aromatic heterocycles. The van der Waals surface area contributed by atoms with E-state index in [-0.39, 0.29) is 22.4 Å². The van der Waals surface area contributed by atoms with Crippen LogP contribution >= 0.6 is 15.9 Å². The predicted octanol–water partition coefficient (Wildman–Crippen LogP) is 4.60. The number of benzene rings is 1. The van der Waals surface area contributed by atoms with Crippen molar-refractivity contribution in [3.63, 3.8) is 0 Å². The van der Waals surface area contributed by atoms with Gasteiger partial charge in [-0.05, 0) is 46.8 Å². The fourth-order valence-corrected chi connectivity index (χ4v) is 3.52. The van der Waals surface area contributed by atoms with E-state index in [0.29, 0.717) is 6.42 Å². The monoisotopic (exact) mass is 332 g/mol. The van der Waals surface area contributed by atoms with Crippen LogP contribution in [0.15, 0.2) is 16.6 Å². The minimum atomic E-state index is -0.977. The van der Waals surface area contributed by atoms with Crippen LogP contribution in [0.1, 0.15) is 44.6 Å². The molecule has 106 valence electrons. The molecule has 0 spiro atoms. The minimum Gasteiger partial charge on any atom is -0.389 e. The number of hydrogen-bond acceptors (Lipinski definition) is 1. The van der Waals surface area contributed by atoms with Gasteiger partial charge in [-0.25, -0.2) is 8.78 Å². The maximum absolute atomic E-state index is 14.0. The first-order valence-electron chi connectivity index (χ1n) is 6.82. The van der Waals surface area contributed by atoms with E-state index < -0.39 is 17.2 Å². The topological polar surface area (TPSA) is 20.2 Å². The molecule has 1 aromatic rings. The number of halogens is 3. The minimum absolute atomic E-state index is 0.00257. The summed E-state index contributed by atoms with van der Waals surface area (Å²) in [4.78, 5) is 0. The molecule has 0 bridgehead atoms. The van der Waals surface area contributed by atoms with Crippen molar-refractivity contribution in [1.82, 2.24) is 0 Å². The summed E-state index contributed by atoms with van der Waals surface area (Å²) in [6, 6.07) is 2.60. The van der Waals surface area contributed by atoms with Gasteiger partial charge in [-0.1, -0.05) is 26.2 Å². The highest BCUT2D eigenvalue weighted by Gasteiger charge is 2.39. The Labute approximate surface area is 121 Å². The average molecular weight is 333 g/mol. The number of aliphatic hydroxyl groups is 1. The third-order valence-corrected chi connectivity index (χ3v) is 4.90. The lowest BCUT2D eigenvalue weighted by molar-refractivity contribution is -0.0502. The summed E-state index contributed by atoms with van der Waals surface area (Å²) < 4.78 is 28.1. The summed E-state index contributed by atoms with van der Waals surface area (Å²) in [5, 5.41) is 10.8. The molecule has 1 N–H and O–H groups in total. The van der Waals surface area contributed by atoms with Crippen LogP contribution in [0.3, 0.4) is 0 Å². The fourth-order valence-electron chi connectivity index (χ4n) is 3.15. The Bertz CT molecular complexity index is 464. The maximum Gasteiger partial charge on any atom is 0.143 e. The third-order valence-electron chi connectivity index (χ3n) is 4.29. The molecule has 1 aliphatic carbocycles. The second-order valence-corrected chi connectivity index (χ2v) is 6.31. The molecule has 0 saturated heterocycles. The van der Waals surface area contributed by atoms with E-state index in [1.54, 1.807) is 0 Å². The summed E-state index contributed by atoms with van der Waals surface area (Å²) in [6.07, 6.45) is 4.46. The Morgan fingerprint density at radius 2 is 2.11 bits per heavy atom. The predicted molar refractivity (Wildman–Crippen MR) is 75.0 cm³/mol. The second-order valence-electron chi connectivity index (χ2n) is 5.45. The SMILES string of the molecule is CCC1CCCCC1(O)Cc1c(F)ccc(Br)c1F. The van der Waals surface area contributed by atoms with Crippen molar-refractivity contribution in [2.75, 3.05) is 0 Å². The largest absolute Gasteiger partial charge is 0.389 e. The molecule has 2 atom stereocenters. The molecule has 0 amide bonds. The number of hydrogen-bond donors (Lipinski definition) is 1. The van der Waals surface area contributed by atoms with Crippen LogP contribution in [0.2, 0.25) is 0 Å². The highest BCUT2D eigenvalue weighted by Crippen LogP contribution is 2.39. The molecule has 1 aliphatic rings. The van der Waals surface area contributed by atoms with E-state index in [2.05, 4.69) is 15.9 Å². The van der Waals surface area contributed by atoms with E-state index >= 15 is 0 Å². The van der Waals surface area contributed by atoms with E-state index in [0.717, 1.165) is 25.7 Å². The van der Waals surface area contributed by atoms with Gasteiger partial charge in [0.1, 0.15) is 11.6 Å². The van der Waals surface area contributed by atoms with Crippen molar-refractivity contribution in [3.8, 4) is 0 Å². The quantitative estimate of drug-likeness (QED) is 0.802. The van der Waals surface area contributed by atoms with Gasteiger partial charge < -0.3 is 5.11 Å². The van der Waals surface area contributed by atoms with Crippen LogP contribution in [0, 0.1) is 17.6 Å². The Morgan fingerprint density at radius 3 is 2.79 bits per heavy atom. The molecule has 0 aliphatic heterocycles. The van der Waals surface area contributed by atoms with E-state index in [4.69, 9.17) is 0 Å². The van der Waals surface area contributed by atoms with Gasteiger partial charge in [-0.2, -0.15) is 0 Å². The summed E-state index contributed by atoms with van der Waals surface area (Å²) >= 11 is 3.07. The van der Waals surface area contributed by atoms with Crippen molar-refractivity contribution in [3.05, 3.63) is 33.8 Å². The maximum atomic E-state index is 14.0. The molecule has 2 rings (SSSR count). The lowest BCUT2D eigenvalue weighted by Gasteiger charge is -2.40. The second kappa shape index (κ2) is 5.88. The standard InChI is InChI=1S/C15H19BrF2O/c1-2-10-5-3-4-8-15(10,19)9-11-13(17)7-6-12(16)14(11)18/h6-7,10,19H,2-5,8-9H2,1H3. The zero-order valence-electron chi connectivity index (χ0n) is 11.1. The average Bonchev–Trinajstić information content (AvgIpc) is 2.40. The molecule has 4 heteroatoms. The fraction of sp³-hybridized carbons (Fsp3) is 0.600. The van der Waals surface area contributed by atoms with Gasteiger partial charge in [-0.3, -0.25) is 0 Å². The van der Waals surface area contributed by atoms with Crippen LogP contribution in [-0.2, 0) is 6.42 Å². The third kappa shape index (κ3) is 3.00. The molecular formula is C15H19BrF2O. The van der Waals surface area contributed by atoms with Crippen LogP contribution in [-0.4, -0.2) is 10.7 Å². The van der Waals surface area contributed by atoms with Crippen molar-refractivity contribution in [2.24, 2.45) is 5.92 Å². The summed E-state index contributed by atoms with van der Waals surface area (Å²) in [5.41, 5.74) is -0.979. The lowest BCUT2D eigenvalue weighted by Crippen LogP contribution is -2.42. The highest BCUT2D eigenvalue weighted by molar-refractivity contribution is 9.10. The van der Waals surface area contributed by atoms with Gasteiger partial charge in [0, 0.05) is 12.0 Å². The Morgan fingerprint density at radius 1 is 1.37 bits per heavy atom. The molecule has 2 unspecified atom stereocenters. The summed E-state index contributed by atoms with van der Waals surface area (Å²) in [6.45, 7) is 2.02. The molecule has 1 fully saturated rings. The van der Waals surface area contributed by atoms with Crippen molar-refractivity contribution in [2.45, 2.75) is 51.0 Å². The van der Waals surface area contributed by atoms with Crippen molar-refractivity contribution >= 4 is 15.9 Å². The molecule has 1 saturated carbocycles. The Kier molecular flexibility index (Phi) is 4.62. The van der Waals surface area contributed by atoms with E-state index in [1.165, 1.54) is 12.1 Å². The molecule has 1 nitrogen and oxygen atoms in total. The first kappa shape index (κ1) is 14.9. The van der Waals surface area contributed by atoms with Gasteiger partial charge in [0.2, 0.25) is 0 Å². The van der Waals surface area contributed by atoms with Crippen LogP contribution in [0.4, 0.5) is 8.78 Å². The lowest BCUT2D eigenvalue weighted by atomic mass is 9.71. The molecule has 19 heavy (non-hydrogen) atoms. The zero-order valence-corrected chi connectivity index (χ0v) is 12.6. The normalized spacial score (nSPS) is 27.5. The zero-order chi connectivity index (χ0) is 14.0. The highest BCUT2D eigenvalue weighted by atomic mass is 79.9. The molecule has 0 heterocycles. The van der Waals surface area contributed by atoms with Crippen LogP contribution < -0.4 is 0 Å². The van der Waals surface area contributed by atoms with Gasteiger partial charge in [-0.15, -0.1) is 0 Å². The Balaban J connectivity index is 2.31. The summed E-state index contributed by atoms with van der Waals surface area (Å²) in [5.74, 6) is -1.04.